The van der Waals surface area contributed by atoms with Crippen LogP contribution in [0.25, 0.3) is 0 Å². The molecule has 1 heterocycles. The summed E-state index contributed by atoms with van der Waals surface area (Å²) in [6.07, 6.45) is 4.00. The van der Waals surface area contributed by atoms with E-state index in [2.05, 4.69) is 4.98 Å². The van der Waals surface area contributed by atoms with Crippen LogP contribution in [0.1, 0.15) is 31.9 Å². The van der Waals surface area contributed by atoms with E-state index in [1.165, 1.54) is 16.6 Å². The molecular formula is C12H15N3O2S. The van der Waals surface area contributed by atoms with Crippen molar-refractivity contribution in [2.75, 3.05) is 6.54 Å². The molecule has 0 radical (unpaired) electrons. The second kappa shape index (κ2) is 5.04. The number of hydrogen-bond donors (Lipinski definition) is 0. The molecule has 1 saturated carbocycles. The lowest BCUT2D eigenvalue weighted by molar-refractivity contribution is 0.403. The Morgan fingerprint density at radius 2 is 2.28 bits per heavy atom. The highest BCUT2D eigenvalue weighted by atomic mass is 32.2. The molecule has 0 spiro atoms. The fourth-order valence-electron chi connectivity index (χ4n) is 1.89. The second-order valence-electron chi connectivity index (χ2n) is 4.31. The predicted octanol–water partition coefficient (Wildman–Crippen LogP) is 1.52. The number of rotatable bonds is 5. The molecule has 5 nitrogen and oxygen atoms in total. The van der Waals surface area contributed by atoms with Gasteiger partial charge in [0.15, 0.2) is 5.69 Å². The standard InChI is InChI=1S/C12H15N3O2S/c1-2-8-15(10-5-6-10)18(16,17)12-4-3-7-14-11(12)9-13/h3-4,7,10H,2,5-6,8H2,1H3. The number of sulfonamides is 1. The minimum atomic E-state index is -3.59. The van der Waals surface area contributed by atoms with Crippen molar-refractivity contribution in [1.29, 1.82) is 5.26 Å². The first-order chi connectivity index (χ1) is 8.61. The van der Waals surface area contributed by atoms with Crippen molar-refractivity contribution in [1.82, 2.24) is 9.29 Å². The summed E-state index contributed by atoms with van der Waals surface area (Å²) >= 11 is 0. The van der Waals surface area contributed by atoms with Gasteiger partial charge in [-0.1, -0.05) is 6.92 Å². The van der Waals surface area contributed by atoms with Crippen molar-refractivity contribution < 1.29 is 8.42 Å². The van der Waals surface area contributed by atoms with E-state index in [1.807, 2.05) is 13.0 Å². The smallest absolute Gasteiger partial charge is 0.244 e. The summed E-state index contributed by atoms with van der Waals surface area (Å²) in [4.78, 5) is 3.84. The molecule has 18 heavy (non-hydrogen) atoms. The lowest BCUT2D eigenvalue weighted by atomic mass is 10.4. The fraction of sp³-hybridized carbons (Fsp3) is 0.500. The van der Waals surface area contributed by atoms with Gasteiger partial charge in [-0.15, -0.1) is 0 Å². The van der Waals surface area contributed by atoms with Crippen LogP contribution in [0.4, 0.5) is 0 Å². The Balaban J connectivity index is 2.43. The van der Waals surface area contributed by atoms with Crippen LogP contribution in [-0.2, 0) is 10.0 Å². The van der Waals surface area contributed by atoms with Crippen LogP contribution in [0, 0.1) is 11.3 Å². The number of pyridine rings is 1. The van der Waals surface area contributed by atoms with E-state index in [0.717, 1.165) is 19.3 Å². The van der Waals surface area contributed by atoms with Crippen molar-refractivity contribution in [2.24, 2.45) is 0 Å². The Bertz CT molecular complexity index is 573. The highest BCUT2D eigenvalue weighted by Gasteiger charge is 2.38. The van der Waals surface area contributed by atoms with Crippen molar-refractivity contribution in [3.63, 3.8) is 0 Å². The first-order valence-corrected chi connectivity index (χ1v) is 7.42. The maximum Gasteiger partial charge on any atom is 0.246 e. The van der Waals surface area contributed by atoms with E-state index in [4.69, 9.17) is 5.26 Å². The van der Waals surface area contributed by atoms with Crippen molar-refractivity contribution in [2.45, 2.75) is 37.1 Å². The minimum absolute atomic E-state index is 0.0212. The number of nitriles is 1. The third-order valence-electron chi connectivity index (χ3n) is 2.86. The van der Waals surface area contributed by atoms with E-state index in [-0.39, 0.29) is 16.6 Å². The lowest BCUT2D eigenvalue weighted by Gasteiger charge is -2.21. The largest absolute Gasteiger partial charge is 0.246 e. The maximum atomic E-state index is 12.5. The second-order valence-corrected chi connectivity index (χ2v) is 6.17. The minimum Gasteiger partial charge on any atom is -0.244 e. The first kappa shape index (κ1) is 13.0. The molecule has 1 fully saturated rings. The zero-order valence-electron chi connectivity index (χ0n) is 10.2. The summed E-state index contributed by atoms with van der Waals surface area (Å²) in [6, 6.07) is 4.94. The molecule has 0 amide bonds. The van der Waals surface area contributed by atoms with Gasteiger partial charge in [0.1, 0.15) is 11.0 Å². The van der Waals surface area contributed by atoms with E-state index in [9.17, 15) is 8.42 Å². The topological polar surface area (TPSA) is 74.1 Å². The highest BCUT2D eigenvalue weighted by molar-refractivity contribution is 7.89. The molecule has 0 aliphatic heterocycles. The molecule has 6 heteroatoms. The van der Waals surface area contributed by atoms with Gasteiger partial charge in [-0.25, -0.2) is 13.4 Å². The third-order valence-corrected chi connectivity index (χ3v) is 4.84. The fourth-order valence-corrected chi connectivity index (χ4v) is 3.76. The Morgan fingerprint density at radius 3 is 2.83 bits per heavy atom. The quantitative estimate of drug-likeness (QED) is 0.809. The molecule has 1 aromatic heterocycles. The van der Waals surface area contributed by atoms with Crippen molar-refractivity contribution in [3.8, 4) is 6.07 Å². The first-order valence-electron chi connectivity index (χ1n) is 5.98. The average Bonchev–Trinajstić information content (AvgIpc) is 3.19. The molecule has 2 rings (SSSR count). The molecule has 0 N–H and O–H groups in total. The summed E-state index contributed by atoms with van der Waals surface area (Å²) in [6.45, 7) is 2.44. The van der Waals surface area contributed by atoms with E-state index >= 15 is 0 Å². The van der Waals surface area contributed by atoms with Crippen LogP contribution in [0.2, 0.25) is 0 Å². The predicted molar refractivity (Wildman–Crippen MR) is 66.2 cm³/mol. The number of nitrogens with zero attached hydrogens (tertiary/aromatic N) is 3. The Kier molecular flexibility index (Phi) is 3.64. The molecule has 0 bridgehead atoms. The van der Waals surface area contributed by atoms with E-state index < -0.39 is 10.0 Å². The third kappa shape index (κ3) is 2.37. The molecule has 1 aliphatic rings. The van der Waals surface area contributed by atoms with Crippen LogP contribution in [0.5, 0.6) is 0 Å². The van der Waals surface area contributed by atoms with Gasteiger partial charge in [0.05, 0.1) is 0 Å². The Morgan fingerprint density at radius 1 is 1.56 bits per heavy atom. The molecule has 96 valence electrons. The zero-order chi connectivity index (χ0) is 13.2. The van der Waals surface area contributed by atoms with Gasteiger partial charge >= 0.3 is 0 Å². The maximum absolute atomic E-state index is 12.5. The SMILES string of the molecule is CCCN(C1CC1)S(=O)(=O)c1cccnc1C#N. The van der Waals surface area contributed by atoms with Crippen molar-refractivity contribution >= 4 is 10.0 Å². The van der Waals surface area contributed by atoms with Crippen LogP contribution >= 0.6 is 0 Å². The number of hydrogen-bond acceptors (Lipinski definition) is 4. The van der Waals surface area contributed by atoms with Crippen molar-refractivity contribution in [3.05, 3.63) is 24.0 Å². The average molecular weight is 265 g/mol. The normalized spacial score (nSPS) is 15.6. The van der Waals surface area contributed by atoms with Crippen LogP contribution in [0.3, 0.4) is 0 Å². The van der Waals surface area contributed by atoms with E-state index in [1.54, 1.807) is 6.07 Å². The molecule has 0 atom stereocenters. The molecule has 1 aromatic rings. The molecule has 0 aromatic carbocycles. The Hall–Kier alpha value is -1.45. The van der Waals surface area contributed by atoms with Gasteiger partial charge < -0.3 is 0 Å². The molecule has 0 unspecified atom stereocenters. The molecule has 1 aliphatic carbocycles. The van der Waals surface area contributed by atoms with Gasteiger partial charge in [0.2, 0.25) is 10.0 Å². The van der Waals surface area contributed by atoms with Gasteiger partial charge in [-0.2, -0.15) is 9.57 Å². The van der Waals surface area contributed by atoms with Gasteiger partial charge in [0.25, 0.3) is 0 Å². The zero-order valence-corrected chi connectivity index (χ0v) is 11.0. The molecular weight excluding hydrogens is 250 g/mol. The molecule has 0 saturated heterocycles. The summed E-state index contributed by atoms with van der Waals surface area (Å²) < 4.78 is 26.5. The van der Waals surface area contributed by atoms with Gasteiger partial charge in [0, 0.05) is 18.8 Å². The van der Waals surface area contributed by atoms with Crippen LogP contribution < -0.4 is 0 Å². The van der Waals surface area contributed by atoms with Gasteiger partial charge in [-0.05, 0) is 31.4 Å². The lowest BCUT2D eigenvalue weighted by Crippen LogP contribution is -2.34. The summed E-state index contributed by atoms with van der Waals surface area (Å²) in [7, 11) is -3.59. The van der Waals surface area contributed by atoms with Crippen LogP contribution in [0.15, 0.2) is 23.2 Å². The van der Waals surface area contributed by atoms with Crippen LogP contribution in [-0.4, -0.2) is 30.3 Å². The van der Waals surface area contributed by atoms with E-state index in [0.29, 0.717) is 6.54 Å². The summed E-state index contributed by atoms with van der Waals surface area (Å²) in [5.41, 5.74) is -0.0285. The number of aromatic nitrogens is 1. The Labute approximate surface area is 107 Å². The monoisotopic (exact) mass is 265 g/mol. The summed E-state index contributed by atoms with van der Waals surface area (Å²) in [5, 5.41) is 8.95. The van der Waals surface area contributed by atoms with Gasteiger partial charge in [-0.3, -0.25) is 0 Å². The highest BCUT2D eigenvalue weighted by Crippen LogP contribution is 2.32. The summed E-state index contributed by atoms with van der Waals surface area (Å²) in [5.74, 6) is 0.